The molecule has 0 radical (unpaired) electrons. The van der Waals surface area contributed by atoms with Gasteiger partial charge in [-0.1, -0.05) is 0 Å². The quantitative estimate of drug-likeness (QED) is 0.897. The van der Waals surface area contributed by atoms with Gasteiger partial charge in [-0.3, -0.25) is 19.5 Å². The van der Waals surface area contributed by atoms with Crippen molar-refractivity contribution in [2.75, 3.05) is 25.0 Å². The first-order valence-corrected chi connectivity index (χ1v) is 8.06. The first-order chi connectivity index (χ1) is 11.0. The zero-order valence-electron chi connectivity index (χ0n) is 14.0. The number of H-pyrrole nitrogens is 1. The number of nitrogens with zero attached hydrogens (tertiary/aromatic N) is 4. The molecule has 1 aliphatic heterocycles. The Labute approximate surface area is 136 Å². The van der Waals surface area contributed by atoms with E-state index in [4.69, 9.17) is 0 Å². The molecule has 1 fully saturated rings. The van der Waals surface area contributed by atoms with Gasteiger partial charge >= 0.3 is 0 Å². The van der Waals surface area contributed by atoms with Crippen molar-refractivity contribution >= 4 is 11.6 Å². The van der Waals surface area contributed by atoms with Gasteiger partial charge in [0.15, 0.2) is 0 Å². The van der Waals surface area contributed by atoms with Crippen LogP contribution in [0.1, 0.15) is 35.8 Å². The zero-order chi connectivity index (χ0) is 16.4. The highest BCUT2D eigenvalue weighted by Crippen LogP contribution is 2.26. The normalized spacial score (nSPS) is 16.7. The molecule has 2 aromatic rings. The molecule has 7 heteroatoms. The molecule has 0 atom stereocenters. The molecule has 1 amide bonds. The topological polar surface area (TPSA) is 78.8 Å². The molecule has 0 aliphatic carbocycles. The summed E-state index contributed by atoms with van der Waals surface area (Å²) in [6.07, 6.45) is 3.91. The van der Waals surface area contributed by atoms with Gasteiger partial charge in [0.05, 0.1) is 23.6 Å². The van der Waals surface area contributed by atoms with E-state index in [1.165, 1.54) is 5.69 Å². The molecule has 0 spiro atoms. The maximum atomic E-state index is 12.3. The van der Waals surface area contributed by atoms with E-state index in [0.717, 1.165) is 43.0 Å². The fraction of sp³-hybridized carbons (Fsp3) is 0.562. The molecule has 0 unspecified atom stereocenters. The molecule has 3 rings (SSSR count). The number of nitrogens with one attached hydrogen (secondary N) is 2. The number of aromatic nitrogens is 4. The molecule has 2 aromatic heterocycles. The summed E-state index contributed by atoms with van der Waals surface area (Å²) < 4.78 is 1.79. The second kappa shape index (κ2) is 6.54. The van der Waals surface area contributed by atoms with Crippen LogP contribution >= 0.6 is 0 Å². The molecule has 23 heavy (non-hydrogen) atoms. The van der Waals surface area contributed by atoms with E-state index in [9.17, 15) is 4.79 Å². The van der Waals surface area contributed by atoms with Crippen LogP contribution in [0.2, 0.25) is 0 Å². The standard InChI is InChI=1S/C16H24N6O/c1-11-16(12(2)21(3)20-11)18-15(23)10-22-8-5-13(6-9-22)14-4-7-17-19-14/h4,7,13H,5-6,8-10H2,1-3H3,(H,17,19)(H,18,23). The van der Waals surface area contributed by atoms with Crippen molar-refractivity contribution in [2.45, 2.75) is 32.6 Å². The van der Waals surface area contributed by atoms with Gasteiger partial charge in [0.1, 0.15) is 0 Å². The number of likely N-dealkylation sites (tertiary alicyclic amines) is 1. The number of piperidine rings is 1. The van der Waals surface area contributed by atoms with Gasteiger partial charge in [-0.15, -0.1) is 0 Å². The lowest BCUT2D eigenvalue weighted by molar-refractivity contribution is -0.117. The third kappa shape index (κ3) is 3.44. The Balaban J connectivity index is 1.51. The van der Waals surface area contributed by atoms with Crippen LogP contribution in [-0.2, 0) is 11.8 Å². The van der Waals surface area contributed by atoms with Crippen molar-refractivity contribution in [3.05, 3.63) is 29.3 Å². The van der Waals surface area contributed by atoms with Crippen LogP contribution in [0.4, 0.5) is 5.69 Å². The average molecular weight is 316 g/mol. The van der Waals surface area contributed by atoms with Crippen molar-refractivity contribution in [3.8, 4) is 0 Å². The van der Waals surface area contributed by atoms with Crippen molar-refractivity contribution in [1.82, 2.24) is 24.9 Å². The van der Waals surface area contributed by atoms with Crippen LogP contribution in [0.25, 0.3) is 0 Å². The van der Waals surface area contributed by atoms with Crippen LogP contribution in [0.15, 0.2) is 12.3 Å². The number of aromatic amines is 1. The summed E-state index contributed by atoms with van der Waals surface area (Å²) in [6, 6.07) is 2.04. The molecule has 3 heterocycles. The van der Waals surface area contributed by atoms with E-state index < -0.39 is 0 Å². The fourth-order valence-electron chi connectivity index (χ4n) is 3.23. The summed E-state index contributed by atoms with van der Waals surface area (Å²) in [7, 11) is 1.89. The summed E-state index contributed by atoms with van der Waals surface area (Å²) in [5.41, 5.74) is 3.88. The van der Waals surface area contributed by atoms with Gasteiger partial charge < -0.3 is 5.32 Å². The molecule has 0 bridgehead atoms. The monoisotopic (exact) mass is 316 g/mol. The number of carbonyl (C=O) groups is 1. The summed E-state index contributed by atoms with van der Waals surface area (Å²) in [4.78, 5) is 14.5. The van der Waals surface area contributed by atoms with E-state index in [2.05, 4.69) is 25.5 Å². The first kappa shape index (κ1) is 15.7. The van der Waals surface area contributed by atoms with E-state index in [0.29, 0.717) is 12.5 Å². The number of anilines is 1. The van der Waals surface area contributed by atoms with Gasteiger partial charge in [0, 0.05) is 24.9 Å². The largest absolute Gasteiger partial charge is 0.322 e. The number of hydrogen-bond acceptors (Lipinski definition) is 4. The smallest absolute Gasteiger partial charge is 0.238 e. The predicted octanol–water partition coefficient (Wildman–Crippen LogP) is 1.58. The Morgan fingerprint density at radius 2 is 2.13 bits per heavy atom. The highest BCUT2D eigenvalue weighted by molar-refractivity contribution is 5.93. The maximum absolute atomic E-state index is 12.3. The summed E-state index contributed by atoms with van der Waals surface area (Å²) in [5.74, 6) is 0.559. The zero-order valence-corrected chi connectivity index (χ0v) is 14.0. The van der Waals surface area contributed by atoms with Gasteiger partial charge in [-0.25, -0.2) is 0 Å². The predicted molar refractivity (Wildman–Crippen MR) is 88.3 cm³/mol. The van der Waals surface area contributed by atoms with Crippen LogP contribution in [0, 0.1) is 13.8 Å². The highest BCUT2D eigenvalue weighted by atomic mass is 16.2. The summed E-state index contributed by atoms with van der Waals surface area (Å²) in [6.45, 7) is 6.18. The second-order valence-electron chi connectivity index (χ2n) is 6.28. The Morgan fingerprint density at radius 3 is 2.70 bits per heavy atom. The summed E-state index contributed by atoms with van der Waals surface area (Å²) in [5, 5.41) is 14.4. The van der Waals surface area contributed by atoms with Crippen LogP contribution in [-0.4, -0.2) is 50.4 Å². The minimum atomic E-state index is 0.0317. The first-order valence-electron chi connectivity index (χ1n) is 8.06. The molecular formula is C16H24N6O. The number of amides is 1. The Hall–Kier alpha value is -2.15. The van der Waals surface area contributed by atoms with E-state index in [1.807, 2.05) is 27.0 Å². The Morgan fingerprint density at radius 1 is 1.39 bits per heavy atom. The molecule has 0 aromatic carbocycles. The van der Waals surface area contributed by atoms with Crippen molar-refractivity contribution < 1.29 is 4.79 Å². The molecule has 2 N–H and O–H groups in total. The van der Waals surface area contributed by atoms with E-state index >= 15 is 0 Å². The van der Waals surface area contributed by atoms with Gasteiger partial charge in [0.2, 0.25) is 5.91 Å². The number of aryl methyl sites for hydroxylation is 2. The van der Waals surface area contributed by atoms with Crippen molar-refractivity contribution in [1.29, 1.82) is 0 Å². The Kier molecular flexibility index (Phi) is 4.47. The van der Waals surface area contributed by atoms with Crippen LogP contribution in [0.5, 0.6) is 0 Å². The van der Waals surface area contributed by atoms with Crippen LogP contribution < -0.4 is 5.32 Å². The highest BCUT2D eigenvalue weighted by Gasteiger charge is 2.23. The lowest BCUT2D eigenvalue weighted by Gasteiger charge is -2.30. The molecule has 0 saturated carbocycles. The Bertz CT molecular complexity index is 667. The van der Waals surface area contributed by atoms with Gasteiger partial charge in [0.25, 0.3) is 0 Å². The number of rotatable bonds is 4. The van der Waals surface area contributed by atoms with Crippen molar-refractivity contribution in [2.24, 2.45) is 7.05 Å². The number of carbonyl (C=O) groups excluding carboxylic acids is 1. The molecule has 1 saturated heterocycles. The minimum absolute atomic E-state index is 0.0317. The third-order valence-corrected chi connectivity index (χ3v) is 4.69. The van der Waals surface area contributed by atoms with Crippen molar-refractivity contribution in [3.63, 3.8) is 0 Å². The van der Waals surface area contributed by atoms with Gasteiger partial charge in [-0.05, 0) is 45.8 Å². The average Bonchev–Trinajstić information content (AvgIpc) is 3.13. The lowest BCUT2D eigenvalue weighted by Crippen LogP contribution is -2.38. The maximum Gasteiger partial charge on any atom is 0.238 e. The molecular weight excluding hydrogens is 292 g/mol. The number of hydrogen-bond donors (Lipinski definition) is 2. The fourth-order valence-corrected chi connectivity index (χ4v) is 3.23. The summed E-state index contributed by atoms with van der Waals surface area (Å²) >= 11 is 0. The van der Waals surface area contributed by atoms with Gasteiger partial charge in [-0.2, -0.15) is 10.2 Å². The molecule has 124 valence electrons. The molecule has 1 aliphatic rings. The third-order valence-electron chi connectivity index (χ3n) is 4.69. The second-order valence-corrected chi connectivity index (χ2v) is 6.28. The lowest BCUT2D eigenvalue weighted by atomic mass is 9.94. The molecule has 7 nitrogen and oxygen atoms in total. The van der Waals surface area contributed by atoms with E-state index in [1.54, 1.807) is 10.9 Å². The van der Waals surface area contributed by atoms with E-state index in [-0.39, 0.29) is 5.91 Å². The SMILES string of the molecule is Cc1nn(C)c(C)c1NC(=O)CN1CCC(c2ccn[nH]2)CC1. The van der Waals surface area contributed by atoms with Crippen LogP contribution in [0.3, 0.4) is 0 Å². The minimum Gasteiger partial charge on any atom is -0.322 e.